The van der Waals surface area contributed by atoms with Crippen molar-refractivity contribution in [1.29, 1.82) is 0 Å². The average molecular weight is 578 g/mol. The molecule has 2 aromatic carbocycles. The maximum Gasteiger partial charge on any atom is 0.202 e. The summed E-state index contributed by atoms with van der Waals surface area (Å²) < 4.78 is 21.8. The van der Waals surface area contributed by atoms with E-state index < -0.39 is 23.2 Å². The molecule has 41 heavy (non-hydrogen) atoms. The van der Waals surface area contributed by atoms with Crippen LogP contribution in [0.25, 0.3) is 22.2 Å². The molecule has 214 valence electrons. The van der Waals surface area contributed by atoms with E-state index in [4.69, 9.17) is 16.0 Å². The lowest BCUT2D eigenvalue weighted by atomic mass is 9.82. The van der Waals surface area contributed by atoms with E-state index in [2.05, 4.69) is 29.0 Å². The highest BCUT2D eigenvalue weighted by Crippen LogP contribution is 2.38. The third-order valence-corrected chi connectivity index (χ3v) is 8.21. The SMILES string of the molecule is Cc1cc([C@@H](C)Nc2ccc(Cl)nc2-c2ccc(O)c(C=O)c2F)c2oc(N3CCC(C)(C)CC3)c(C)c(=O)c2c1. The van der Waals surface area contributed by atoms with Gasteiger partial charge in [0, 0.05) is 24.2 Å². The number of hydrogen-bond donors (Lipinski definition) is 2. The minimum Gasteiger partial charge on any atom is -0.507 e. The molecular formula is C32H33ClFN3O4. The van der Waals surface area contributed by atoms with Gasteiger partial charge in [-0.2, -0.15) is 0 Å². The molecule has 1 atom stereocenters. The van der Waals surface area contributed by atoms with Crippen LogP contribution >= 0.6 is 11.6 Å². The van der Waals surface area contributed by atoms with Crippen molar-refractivity contribution in [2.24, 2.45) is 5.41 Å². The minimum absolute atomic E-state index is 0.00802. The number of piperidine rings is 1. The topological polar surface area (TPSA) is 95.7 Å². The number of aromatic nitrogens is 1. The standard InChI is InChI=1S/C32H33ClFN3O4/c1-17-14-21(30-22(15-17)29(40)18(2)31(41-30)37-12-10-32(4,5)11-13-37)19(3)35-24-7-9-26(33)36-28(24)20-6-8-25(39)23(16-38)27(20)34/h6-9,14-16,19,35,39H,10-13H2,1-5H3/t19-/m1/s1. The molecule has 1 aliphatic rings. The highest BCUT2D eigenvalue weighted by molar-refractivity contribution is 6.29. The lowest BCUT2D eigenvalue weighted by Crippen LogP contribution is -2.38. The van der Waals surface area contributed by atoms with Gasteiger partial charge in [0.1, 0.15) is 22.3 Å². The van der Waals surface area contributed by atoms with Crippen LogP contribution in [0.4, 0.5) is 16.0 Å². The molecule has 0 bridgehead atoms. The zero-order chi connectivity index (χ0) is 29.6. The summed E-state index contributed by atoms with van der Waals surface area (Å²) >= 11 is 6.18. The van der Waals surface area contributed by atoms with Crippen molar-refractivity contribution in [3.05, 3.63) is 79.8 Å². The molecule has 7 nitrogen and oxygen atoms in total. The molecule has 1 saturated heterocycles. The van der Waals surface area contributed by atoms with Crippen LogP contribution in [-0.4, -0.2) is 29.5 Å². The number of nitrogens with one attached hydrogen (secondary N) is 1. The number of phenolic OH excluding ortho intramolecular Hbond substituents is 1. The van der Waals surface area contributed by atoms with Gasteiger partial charge < -0.3 is 19.7 Å². The van der Waals surface area contributed by atoms with Crippen LogP contribution in [0.15, 0.2) is 45.6 Å². The molecule has 3 heterocycles. The van der Waals surface area contributed by atoms with Gasteiger partial charge in [0.25, 0.3) is 0 Å². The van der Waals surface area contributed by atoms with Crippen LogP contribution in [0.2, 0.25) is 5.15 Å². The van der Waals surface area contributed by atoms with Crippen LogP contribution in [0.3, 0.4) is 0 Å². The monoisotopic (exact) mass is 577 g/mol. The molecule has 2 aromatic heterocycles. The van der Waals surface area contributed by atoms with E-state index in [1.807, 2.05) is 32.9 Å². The predicted molar refractivity (Wildman–Crippen MR) is 161 cm³/mol. The van der Waals surface area contributed by atoms with Gasteiger partial charge in [-0.15, -0.1) is 0 Å². The Hall–Kier alpha value is -3.91. The van der Waals surface area contributed by atoms with E-state index in [-0.39, 0.29) is 33.5 Å². The van der Waals surface area contributed by atoms with Crippen molar-refractivity contribution in [3.8, 4) is 17.0 Å². The Morgan fingerprint density at radius 2 is 1.88 bits per heavy atom. The molecule has 4 aromatic rings. The normalized spacial score (nSPS) is 15.6. The Kier molecular flexibility index (Phi) is 7.55. The average Bonchev–Trinajstić information content (AvgIpc) is 2.92. The third kappa shape index (κ3) is 5.40. The molecule has 0 unspecified atom stereocenters. The predicted octanol–water partition coefficient (Wildman–Crippen LogP) is 7.58. The molecule has 2 N–H and O–H groups in total. The lowest BCUT2D eigenvalue weighted by Gasteiger charge is -2.37. The molecule has 0 amide bonds. The van der Waals surface area contributed by atoms with Crippen molar-refractivity contribution in [1.82, 2.24) is 4.98 Å². The summed E-state index contributed by atoms with van der Waals surface area (Å²) in [6.07, 6.45) is 2.26. The zero-order valence-corrected chi connectivity index (χ0v) is 24.5. The van der Waals surface area contributed by atoms with Crippen LogP contribution in [-0.2, 0) is 0 Å². The van der Waals surface area contributed by atoms with E-state index in [1.54, 1.807) is 12.1 Å². The second-order valence-electron chi connectivity index (χ2n) is 11.6. The zero-order valence-electron chi connectivity index (χ0n) is 23.8. The number of aldehydes is 1. The second kappa shape index (κ2) is 10.8. The van der Waals surface area contributed by atoms with Gasteiger partial charge in [0.05, 0.1) is 33.9 Å². The number of nitrogens with zero attached hydrogens (tertiary/aromatic N) is 2. The third-order valence-electron chi connectivity index (χ3n) is 8.00. The van der Waals surface area contributed by atoms with Crippen molar-refractivity contribution in [2.45, 2.75) is 53.5 Å². The van der Waals surface area contributed by atoms with Gasteiger partial charge in [-0.3, -0.25) is 9.59 Å². The van der Waals surface area contributed by atoms with Crippen molar-refractivity contribution in [3.63, 3.8) is 0 Å². The molecule has 0 aliphatic carbocycles. The van der Waals surface area contributed by atoms with Gasteiger partial charge in [-0.1, -0.05) is 31.5 Å². The molecule has 1 fully saturated rings. The first-order valence-corrected chi connectivity index (χ1v) is 14.0. The first-order valence-electron chi connectivity index (χ1n) is 13.6. The van der Waals surface area contributed by atoms with E-state index in [0.29, 0.717) is 28.1 Å². The fourth-order valence-corrected chi connectivity index (χ4v) is 5.59. The number of fused-ring (bicyclic) bond motifs is 1. The fourth-order valence-electron chi connectivity index (χ4n) is 5.44. The van der Waals surface area contributed by atoms with Gasteiger partial charge in [-0.05, 0) is 74.9 Å². The summed E-state index contributed by atoms with van der Waals surface area (Å²) in [5, 5.41) is 13.9. The first kappa shape index (κ1) is 28.6. The number of aryl methyl sites for hydroxylation is 1. The molecule has 0 saturated carbocycles. The quantitative estimate of drug-likeness (QED) is 0.180. The summed E-state index contributed by atoms with van der Waals surface area (Å²) in [7, 11) is 0. The number of anilines is 2. The summed E-state index contributed by atoms with van der Waals surface area (Å²) in [5.41, 5.74) is 3.10. The number of benzene rings is 2. The molecule has 9 heteroatoms. The van der Waals surface area contributed by atoms with Gasteiger partial charge in [0.15, 0.2) is 11.7 Å². The highest BCUT2D eigenvalue weighted by atomic mass is 35.5. The summed E-state index contributed by atoms with van der Waals surface area (Å²) in [4.78, 5) is 31.5. The van der Waals surface area contributed by atoms with Crippen LogP contribution < -0.4 is 15.6 Å². The number of phenols is 1. The Morgan fingerprint density at radius 3 is 2.56 bits per heavy atom. The molecule has 0 radical (unpaired) electrons. The maximum atomic E-state index is 15.2. The van der Waals surface area contributed by atoms with E-state index in [1.165, 1.54) is 12.1 Å². The first-order chi connectivity index (χ1) is 19.4. The Morgan fingerprint density at radius 1 is 1.17 bits per heavy atom. The largest absolute Gasteiger partial charge is 0.507 e. The number of halogens is 2. The smallest absolute Gasteiger partial charge is 0.202 e. The van der Waals surface area contributed by atoms with Gasteiger partial charge in [-0.25, -0.2) is 9.37 Å². The van der Waals surface area contributed by atoms with E-state index >= 15 is 4.39 Å². The Labute approximate surface area is 243 Å². The molecular weight excluding hydrogens is 545 g/mol. The fraction of sp³-hybridized carbons (Fsp3) is 0.344. The number of hydrogen-bond acceptors (Lipinski definition) is 7. The number of rotatable bonds is 6. The molecule has 0 spiro atoms. The van der Waals surface area contributed by atoms with Gasteiger partial charge >= 0.3 is 0 Å². The van der Waals surface area contributed by atoms with Crippen molar-refractivity contribution < 1.29 is 18.7 Å². The number of pyridine rings is 1. The maximum absolute atomic E-state index is 15.2. The lowest BCUT2D eigenvalue weighted by molar-refractivity contribution is 0.111. The number of aromatic hydroxyl groups is 1. The van der Waals surface area contributed by atoms with E-state index in [9.17, 15) is 14.7 Å². The van der Waals surface area contributed by atoms with Crippen LogP contribution in [0, 0.1) is 25.1 Å². The van der Waals surface area contributed by atoms with Crippen LogP contribution in [0.5, 0.6) is 5.75 Å². The minimum atomic E-state index is -0.901. The molecule has 1 aliphatic heterocycles. The number of carbonyl (C=O) groups excluding carboxylic acids is 1. The van der Waals surface area contributed by atoms with Gasteiger partial charge in [0.2, 0.25) is 5.88 Å². The Balaban J connectivity index is 1.59. The van der Waals surface area contributed by atoms with E-state index in [0.717, 1.165) is 37.1 Å². The second-order valence-corrected chi connectivity index (χ2v) is 12.0. The van der Waals surface area contributed by atoms with Crippen molar-refractivity contribution >= 4 is 40.4 Å². The van der Waals surface area contributed by atoms with Crippen LogP contribution in [0.1, 0.15) is 66.7 Å². The summed E-state index contributed by atoms with van der Waals surface area (Å²) in [6, 6.07) is 9.25. The molecule has 5 rings (SSSR count). The summed E-state index contributed by atoms with van der Waals surface area (Å²) in [6.45, 7) is 11.8. The number of carbonyl (C=O) groups is 1. The highest BCUT2D eigenvalue weighted by Gasteiger charge is 2.29. The Bertz CT molecular complexity index is 1720. The summed E-state index contributed by atoms with van der Waals surface area (Å²) in [5.74, 6) is -0.769. The van der Waals surface area contributed by atoms with Crippen molar-refractivity contribution in [2.75, 3.05) is 23.3 Å².